The van der Waals surface area contributed by atoms with E-state index in [1.165, 1.54) is 12.3 Å². The Bertz CT molecular complexity index is 671. The molecule has 1 aromatic carbocycles. The largest absolute Gasteiger partial charge is 0.459 e. The number of nitriles is 1. The van der Waals surface area contributed by atoms with Crippen molar-refractivity contribution in [3.05, 3.63) is 59.5 Å². The lowest BCUT2D eigenvalue weighted by Gasteiger charge is -2.06. The summed E-state index contributed by atoms with van der Waals surface area (Å²) in [7, 11) is 0. The van der Waals surface area contributed by atoms with E-state index in [2.05, 4.69) is 5.32 Å². The van der Waals surface area contributed by atoms with Crippen molar-refractivity contribution in [3.63, 3.8) is 0 Å². The van der Waals surface area contributed by atoms with Crippen LogP contribution in [0.3, 0.4) is 0 Å². The number of carbonyl (C=O) groups is 2. The summed E-state index contributed by atoms with van der Waals surface area (Å²) in [5.41, 5.74) is 1.07. The van der Waals surface area contributed by atoms with Gasteiger partial charge in [0.25, 0.3) is 5.91 Å². The van der Waals surface area contributed by atoms with Gasteiger partial charge in [-0.05, 0) is 18.2 Å². The minimum atomic E-state index is -0.595. The Morgan fingerprint density at radius 2 is 2.05 bits per heavy atom. The van der Waals surface area contributed by atoms with Crippen LogP contribution in [0.1, 0.15) is 21.7 Å². The second-order valence-corrected chi connectivity index (χ2v) is 4.09. The number of hydrogen-bond donors (Lipinski definition) is 1. The molecule has 0 atom stereocenters. The number of nitrogens with zero attached hydrogens (tertiary/aromatic N) is 1. The summed E-state index contributed by atoms with van der Waals surface area (Å²) >= 11 is 0. The molecular formula is C15H12N2O4. The highest BCUT2D eigenvalue weighted by Gasteiger charge is 2.11. The smallest absolute Gasteiger partial charge is 0.325 e. The van der Waals surface area contributed by atoms with E-state index in [0.717, 1.165) is 0 Å². The maximum absolute atomic E-state index is 11.5. The molecule has 0 fully saturated rings. The van der Waals surface area contributed by atoms with Gasteiger partial charge in [0, 0.05) is 5.56 Å². The monoisotopic (exact) mass is 284 g/mol. The van der Waals surface area contributed by atoms with Crippen LogP contribution in [0.15, 0.2) is 47.1 Å². The number of carbonyl (C=O) groups excluding carboxylic acids is 2. The lowest BCUT2D eigenvalue weighted by Crippen LogP contribution is -2.30. The molecular weight excluding hydrogens is 272 g/mol. The molecule has 0 aliphatic rings. The molecule has 1 heterocycles. The summed E-state index contributed by atoms with van der Waals surface area (Å²) in [6, 6.07) is 11.9. The first kappa shape index (κ1) is 14.3. The number of hydrogen-bond acceptors (Lipinski definition) is 5. The van der Waals surface area contributed by atoms with Gasteiger partial charge in [-0.3, -0.25) is 9.59 Å². The molecule has 0 radical (unpaired) electrons. The Balaban J connectivity index is 1.80. The van der Waals surface area contributed by atoms with Gasteiger partial charge in [0.2, 0.25) is 0 Å². The third kappa shape index (κ3) is 3.94. The van der Waals surface area contributed by atoms with Crippen LogP contribution in [-0.2, 0) is 16.1 Å². The summed E-state index contributed by atoms with van der Waals surface area (Å²) in [6.07, 6.45) is 1.37. The Hall–Kier alpha value is -3.07. The van der Waals surface area contributed by atoms with Gasteiger partial charge in [-0.1, -0.05) is 18.2 Å². The van der Waals surface area contributed by atoms with E-state index in [9.17, 15) is 9.59 Å². The summed E-state index contributed by atoms with van der Waals surface area (Å²) in [4.78, 5) is 23.1. The molecule has 0 aliphatic carbocycles. The average Bonchev–Trinajstić information content (AvgIpc) is 3.05. The number of ether oxygens (including phenoxy) is 1. The van der Waals surface area contributed by atoms with Crippen molar-refractivity contribution in [2.24, 2.45) is 0 Å². The van der Waals surface area contributed by atoms with Crippen molar-refractivity contribution >= 4 is 11.9 Å². The van der Waals surface area contributed by atoms with E-state index in [1.807, 2.05) is 6.07 Å². The summed E-state index contributed by atoms with van der Waals surface area (Å²) in [5.74, 6) is -0.963. The van der Waals surface area contributed by atoms with E-state index in [-0.39, 0.29) is 18.9 Å². The highest BCUT2D eigenvalue weighted by atomic mass is 16.5. The standard InChI is InChI=1S/C15H12N2O4/c16-8-11-4-1-2-5-12(11)10-21-14(18)9-17-15(19)13-6-3-7-20-13/h1-7H,9-10H2,(H,17,19). The first-order valence-corrected chi connectivity index (χ1v) is 6.16. The Labute approximate surface area is 120 Å². The van der Waals surface area contributed by atoms with Crippen LogP contribution in [0.4, 0.5) is 0 Å². The molecule has 0 saturated carbocycles. The first-order chi connectivity index (χ1) is 10.2. The quantitative estimate of drug-likeness (QED) is 0.842. The first-order valence-electron chi connectivity index (χ1n) is 6.16. The molecule has 0 aliphatic heterocycles. The van der Waals surface area contributed by atoms with Crippen molar-refractivity contribution in [1.29, 1.82) is 5.26 Å². The van der Waals surface area contributed by atoms with Gasteiger partial charge in [-0.15, -0.1) is 0 Å². The third-order valence-corrected chi connectivity index (χ3v) is 2.66. The number of esters is 1. The van der Waals surface area contributed by atoms with Crippen molar-refractivity contribution in [2.75, 3.05) is 6.54 Å². The highest BCUT2D eigenvalue weighted by molar-refractivity contribution is 5.93. The minimum Gasteiger partial charge on any atom is -0.459 e. The van der Waals surface area contributed by atoms with Crippen LogP contribution in [0.2, 0.25) is 0 Å². The topological polar surface area (TPSA) is 92.3 Å². The molecule has 0 unspecified atom stereocenters. The molecule has 106 valence electrons. The summed E-state index contributed by atoms with van der Waals surface area (Å²) < 4.78 is 9.89. The Morgan fingerprint density at radius 1 is 1.24 bits per heavy atom. The minimum absolute atomic E-state index is 0.0147. The van der Waals surface area contributed by atoms with Gasteiger partial charge in [0.05, 0.1) is 17.9 Å². The lowest BCUT2D eigenvalue weighted by molar-refractivity contribution is -0.143. The molecule has 0 bridgehead atoms. The van der Waals surface area contributed by atoms with Gasteiger partial charge in [-0.2, -0.15) is 5.26 Å². The fourth-order valence-electron chi connectivity index (χ4n) is 1.61. The van der Waals surface area contributed by atoms with Crippen molar-refractivity contribution in [3.8, 4) is 6.07 Å². The van der Waals surface area contributed by atoms with Gasteiger partial charge in [0.1, 0.15) is 13.2 Å². The van der Waals surface area contributed by atoms with E-state index in [0.29, 0.717) is 11.1 Å². The van der Waals surface area contributed by atoms with Crippen LogP contribution in [0.5, 0.6) is 0 Å². The molecule has 1 amide bonds. The van der Waals surface area contributed by atoms with Crippen molar-refractivity contribution in [2.45, 2.75) is 6.61 Å². The third-order valence-electron chi connectivity index (χ3n) is 2.66. The van der Waals surface area contributed by atoms with Crippen LogP contribution in [0, 0.1) is 11.3 Å². The van der Waals surface area contributed by atoms with Gasteiger partial charge >= 0.3 is 5.97 Å². The predicted octanol–water partition coefficient (Wildman–Crippen LogP) is 1.62. The van der Waals surface area contributed by atoms with E-state index < -0.39 is 11.9 Å². The van der Waals surface area contributed by atoms with Gasteiger partial charge in [-0.25, -0.2) is 0 Å². The van der Waals surface area contributed by atoms with Gasteiger partial charge in [0.15, 0.2) is 5.76 Å². The molecule has 2 aromatic rings. The van der Waals surface area contributed by atoms with Gasteiger partial charge < -0.3 is 14.5 Å². The van der Waals surface area contributed by atoms with E-state index in [1.54, 1.807) is 30.3 Å². The van der Waals surface area contributed by atoms with E-state index >= 15 is 0 Å². The number of nitrogens with one attached hydrogen (secondary N) is 1. The molecule has 21 heavy (non-hydrogen) atoms. The number of amides is 1. The zero-order valence-corrected chi connectivity index (χ0v) is 11.0. The number of furan rings is 1. The lowest BCUT2D eigenvalue weighted by atomic mass is 10.1. The zero-order valence-electron chi connectivity index (χ0n) is 11.0. The Kier molecular flexibility index (Phi) is 4.72. The van der Waals surface area contributed by atoms with Crippen LogP contribution >= 0.6 is 0 Å². The second kappa shape index (κ2) is 6.91. The maximum atomic E-state index is 11.5. The second-order valence-electron chi connectivity index (χ2n) is 4.09. The maximum Gasteiger partial charge on any atom is 0.325 e. The van der Waals surface area contributed by atoms with Crippen LogP contribution in [0.25, 0.3) is 0 Å². The zero-order chi connectivity index (χ0) is 15.1. The summed E-state index contributed by atoms with van der Waals surface area (Å²) in [6.45, 7) is -0.284. The number of rotatable bonds is 5. The average molecular weight is 284 g/mol. The number of benzene rings is 1. The molecule has 6 heteroatoms. The molecule has 6 nitrogen and oxygen atoms in total. The molecule has 1 N–H and O–H groups in total. The summed E-state index contributed by atoms with van der Waals surface area (Å²) in [5, 5.41) is 11.3. The fourth-order valence-corrected chi connectivity index (χ4v) is 1.61. The van der Waals surface area contributed by atoms with Crippen molar-refractivity contribution < 1.29 is 18.7 Å². The van der Waals surface area contributed by atoms with Crippen LogP contribution < -0.4 is 5.32 Å². The molecule has 1 aromatic heterocycles. The van der Waals surface area contributed by atoms with Crippen molar-refractivity contribution in [1.82, 2.24) is 5.32 Å². The highest BCUT2D eigenvalue weighted by Crippen LogP contribution is 2.08. The Morgan fingerprint density at radius 3 is 2.76 bits per heavy atom. The SMILES string of the molecule is N#Cc1ccccc1COC(=O)CNC(=O)c1ccco1. The normalized spacial score (nSPS) is 9.67. The van der Waals surface area contributed by atoms with Crippen LogP contribution in [-0.4, -0.2) is 18.4 Å². The predicted molar refractivity (Wildman–Crippen MR) is 72.0 cm³/mol. The molecule has 2 rings (SSSR count). The molecule has 0 spiro atoms. The molecule has 0 saturated heterocycles. The van der Waals surface area contributed by atoms with E-state index in [4.69, 9.17) is 14.4 Å². The fraction of sp³-hybridized carbons (Fsp3) is 0.133.